The molecule has 0 bridgehead atoms. The zero-order valence-corrected chi connectivity index (χ0v) is 12.4. The summed E-state index contributed by atoms with van der Waals surface area (Å²) in [6.45, 7) is 1.49. The topological polar surface area (TPSA) is 76.0 Å². The van der Waals surface area contributed by atoms with Gasteiger partial charge in [0.25, 0.3) is 5.69 Å². The van der Waals surface area contributed by atoms with Crippen LogP contribution in [0.15, 0.2) is 54.7 Å². The highest BCUT2D eigenvalue weighted by molar-refractivity contribution is 6.27. The Morgan fingerprint density at radius 2 is 1.96 bits per heavy atom. The second kappa shape index (κ2) is 5.88. The van der Waals surface area contributed by atoms with E-state index in [1.165, 1.54) is 19.1 Å². The van der Waals surface area contributed by atoms with Gasteiger partial charge in [-0.05, 0) is 24.6 Å². The molecule has 0 amide bonds. The van der Waals surface area contributed by atoms with Crippen LogP contribution in [0, 0.1) is 10.1 Å². The van der Waals surface area contributed by atoms with E-state index in [2.05, 4.69) is 4.98 Å². The minimum atomic E-state index is -0.448. The Morgan fingerprint density at radius 1 is 1.17 bits per heavy atom. The number of hydrogen-bond donors (Lipinski definition) is 1. The Morgan fingerprint density at radius 3 is 2.70 bits per heavy atom. The number of para-hydroxylation sites is 1. The number of allylic oxidation sites excluding steroid dienone is 1. The standard InChI is InChI=1S/C18H14N2O3/c1-12(21)16(10-13-5-4-6-14(9-13)20(22)23)17-11-19-18-8-3-2-7-15(17)18/h2-11,19H,1H3. The predicted molar refractivity (Wildman–Crippen MR) is 89.9 cm³/mol. The molecule has 114 valence electrons. The van der Waals surface area contributed by atoms with E-state index < -0.39 is 4.92 Å². The fraction of sp³-hybridized carbons (Fsp3) is 0.0556. The summed E-state index contributed by atoms with van der Waals surface area (Å²) >= 11 is 0. The SMILES string of the molecule is CC(=O)C(=Cc1cccc([N+](=O)[O-])c1)c1c[nH]c2ccccc12. The zero-order chi connectivity index (χ0) is 16.4. The number of carbonyl (C=O) groups excluding carboxylic acids is 1. The van der Waals surface area contributed by atoms with Gasteiger partial charge in [-0.25, -0.2) is 0 Å². The maximum absolute atomic E-state index is 12.1. The molecule has 1 heterocycles. The molecule has 2 aromatic carbocycles. The first-order valence-electron chi connectivity index (χ1n) is 7.10. The van der Waals surface area contributed by atoms with Crippen molar-refractivity contribution >= 4 is 34.0 Å². The number of Topliss-reactive ketones (excluding diaryl/α,β-unsaturated/α-hetero) is 1. The van der Waals surface area contributed by atoms with Crippen molar-refractivity contribution in [1.82, 2.24) is 4.98 Å². The molecular formula is C18H14N2O3. The molecule has 0 saturated carbocycles. The van der Waals surface area contributed by atoms with Gasteiger partial charge in [0.15, 0.2) is 5.78 Å². The summed E-state index contributed by atoms with van der Waals surface area (Å²) in [5.74, 6) is -0.0961. The lowest BCUT2D eigenvalue weighted by Gasteiger charge is -2.03. The Hall–Kier alpha value is -3.21. The van der Waals surface area contributed by atoms with E-state index in [0.717, 1.165) is 16.5 Å². The summed E-state index contributed by atoms with van der Waals surface area (Å²) in [4.78, 5) is 25.7. The number of nitrogens with one attached hydrogen (secondary N) is 1. The maximum Gasteiger partial charge on any atom is 0.270 e. The average Bonchev–Trinajstić information content (AvgIpc) is 2.96. The molecule has 23 heavy (non-hydrogen) atoms. The Bertz CT molecular complexity index is 938. The summed E-state index contributed by atoms with van der Waals surface area (Å²) in [7, 11) is 0. The molecule has 0 aliphatic carbocycles. The minimum absolute atomic E-state index is 0.000536. The van der Waals surface area contributed by atoms with Gasteiger partial charge in [0.2, 0.25) is 0 Å². The van der Waals surface area contributed by atoms with Crippen LogP contribution in [0.5, 0.6) is 0 Å². The second-order valence-electron chi connectivity index (χ2n) is 5.21. The van der Waals surface area contributed by atoms with E-state index in [0.29, 0.717) is 11.1 Å². The molecule has 0 aliphatic rings. The van der Waals surface area contributed by atoms with Crippen LogP contribution in [0.1, 0.15) is 18.1 Å². The van der Waals surface area contributed by atoms with Crippen LogP contribution >= 0.6 is 0 Å². The van der Waals surface area contributed by atoms with Gasteiger partial charge in [-0.3, -0.25) is 14.9 Å². The van der Waals surface area contributed by atoms with Gasteiger partial charge >= 0.3 is 0 Å². The molecule has 3 rings (SSSR count). The molecule has 3 aromatic rings. The molecule has 5 nitrogen and oxygen atoms in total. The number of ketones is 1. The van der Waals surface area contributed by atoms with E-state index in [4.69, 9.17) is 0 Å². The van der Waals surface area contributed by atoms with Gasteiger partial charge in [0.05, 0.1) is 4.92 Å². The van der Waals surface area contributed by atoms with Crippen LogP contribution in [0.4, 0.5) is 5.69 Å². The van der Waals surface area contributed by atoms with Crippen molar-refractivity contribution in [3.05, 3.63) is 76.0 Å². The number of carbonyl (C=O) groups is 1. The van der Waals surface area contributed by atoms with Gasteiger partial charge < -0.3 is 4.98 Å². The van der Waals surface area contributed by atoms with Gasteiger partial charge in [-0.2, -0.15) is 0 Å². The summed E-state index contributed by atoms with van der Waals surface area (Å²) in [5.41, 5.74) is 2.87. The molecule has 0 fully saturated rings. The van der Waals surface area contributed by atoms with Gasteiger partial charge in [-0.15, -0.1) is 0 Å². The van der Waals surface area contributed by atoms with Crippen molar-refractivity contribution in [2.24, 2.45) is 0 Å². The van der Waals surface area contributed by atoms with Crippen LogP contribution < -0.4 is 0 Å². The van der Waals surface area contributed by atoms with E-state index in [9.17, 15) is 14.9 Å². The average molecular weight is 306 g/mol. The van der Waals surface area contributed by atoms with Crippen LogP contribution in [-0.2, 0) is 4.79 Å². The minimum Gasteiger partial charge on any atom is -0.361 e. The monoisotopic (exact) mass is 306 g/mol. The van der Waals surface area contributed by atoms with Gasteiger partial charge in [0.1, 0.15) is 0 Å². The first-order valence-corrected chi connectivity index (χ1v) is 7.10. The van der Waals surface area contributed by atoms with E-state index >= 15 is 0 Å². The van der Waals surface area contributed by atoms with Crippen molar-refractivity contribution in [2.45, 2.75) is 6.92 Å². The Labute approximate surface area is 132 Å². The molecule has 0 saturated heterocycles. The highest BCUT2D eigenvalue weighted by atomic mass is 16.6. The molecule has 1 aromatic heterocycles. The number of nitro benzene ring substituents is 1. The number of benzene rings is 2. The number of aromatic nitrogens is 1. The summed E-state index contributed by atoms with van der Waals surface area (Å²) in [6, 6.07) is 13.9. The van der Waals surface area contributed by atoms with Crippen molar-refractivity contribution < 1.29 is 9.72 Å². The largest absolute Gasteiger partial charge is 0.361 e. The third kappa shape index (κ3) is 2.89. The van der Waals surface area contributed by atoms with Crippen LogP contribution in [-0.4, -0.2) is 15.7 Å². The molecule has 0 radical (unpaired) electrons. The summed E-state index contributed by atoms with van der Waals surface area (Å²) < 4.78 is 0. The lowest BCUT2D eigenvalue weighted by molar-refractivity contribution is -0.384. The van der Waals surface area contributed by atoms with Crippen LogP contribution in [0.2, 0.25) is 0 Å². The third-order valence-corrected chi connectivity index (χ3v) is 3.65. The lowest BCUT2D eigenvalue weighted by Crippen LogP contribution is -1.95. The molecule has 0 unspecified atom stereocenters. The molecule has 0 atom stereocenters. The molecule has 0 spiro atoms. The van der Waals surface area contributed by atoms with Crippen LogP contribution in [0.3, 0.4) is 0 Å². The molecular weight excluding hydrogens is 292 g/mol. The lowest BCUT2D eigenvalue weighted by atomic mass is 9.99. The number of nitro groups is 1. The number of rotatable bonds is 4. The molecule has 1 N–H and O–H groups in total. The Kier molecular flexibility index (Phi) is 3.76. The number of fused-ring (bicyclic) bond motifs is 1. The summed E-state index contributed by atoms with van der Waals surface area (Å²) in [5, 5.41) is 11.8. The van der Waals surface area contributed by atoms with E-state index in [-0.39, 0.29) is 11.5 Å². The number of hydrogen-bond acceptors (Lipinski definition) is 3. The molecule has 5 heteroatoms. The molecule has 0 aliphatic heterocycles. The van der Waals surface area contributed by atoms with Crippen molar-refractivity contribution in [2.75, 3.05) is 0 Å². The van der Waals surface area contributed by atoms with Gasteiger partial charge in [0, 0.05) is 40.4 Å². The highest BCUT2D eigenvalue weighted by Gasteiger charge is 2.13. The number of non-ortho nitro benzene ring substituents is 1. The maximum atomic E-state index is 12.1. The fourth-order valence-corrected chi connectivity index (χ4v) is 2.56. The van der Waals surface area contributed by atoms with E-state index in [1.54, 1.807) is 24.4 Å². The van der Waals surface area contributed by atoms with E-state index in [1.807, 2.05) is 24.3 Å². The van der Waals surface area contributed by atoms with Crippen LogP contribution in [0.25, 0.3) is 22.6 Å². The van der Waals surface area contributed by atoms with Gasteiger partial charge in [-0.1, -0.05) is 30.3 Å². The number of aromatic amines is 1. The first-order chi connectivity index (χ1) is 11.1. The normalized spacial score (nSPS) is 11.6. The Balaban J connectivity index is 2.14. The predicted octanol–water partition coefficient (Wildman–Crippen LogP) is 4.21. The van der Waals surface area contributed by atoms with Crippen molar-refractivity contribution in [3.63, 3.8) is 0 Å². The first kappa shape index (κ1) is 14.7. The smallest absolute Gasteiger partial charge is 0.270 e. The third-order valence-electron chi connectivity index (χ3n) is 3.65. The summed E-state index contributed by atoms with van der Waals surface area (Å²) in [6.07, 6.45) is 3.47. The van der Waals surface area contributed by atoms with Crippen molar-refractivity contribution in [1.29, 1.82) is 0 Å². The quantitative estimate of drug-likeness (QED) is 0.446. The number of H-pyrrole nitrogens is 1. The fourth-order valence-electron chi connectivity index (χ4n) is 2.56. The zero-order valence-electron chi connectivity index (χ0n) is 12.4. The van der Waals surface area contributed by atoms with Crippen molar-refractivity contribution in [3.8, 4) is 0 Å². The number of nitrogens with zero attached hydrogens (tertiary/aromatic N) is 1. The highest BCUT2D eigenvalue weighted by Crippen LogP contribution is 2.28. The second-order valence-corrected chi connectivity index (χ2v) is 5.21.